The van der Waals surface area contributed by atoms with Crippen LogP contribution in [-0.2, 0) is 11.3 Å². The zero-order chi connectivity index (χ0) is 22.5. The number of aryl methyl sites for hydroxylation is 1. The largest absolute Gasteiger partial charge is 0.444 e. The number of nitrogens with one attached hydrogen (secondary N) is 2. The summed E-state index contributed by atoms with van der Waals surface area (Å²) in [6, 6.07) is 2.57. The number of H-pyrrole nitrogens is 1. The zero-order valence-corrected chi connectivity index (χ0v) is 17.9. The smallest absolute Gasteiger partial charge is 0.407 e. The van der Waals surface area contributed by atoms with Gasteiger partial charge in [0.15, 0.2) is 5.39 Å². The van der Waals surface area contributed by atoms with E-state index in [-0.39, 0.29) is 22.5 Å². The molecule has 2 N–H and O–H groups in total. The Morgan fingerprint density at radius 3 is 2.77 bits per heavy atom. The molecular formula is C21H25FN4O5. The molecule has 1 fully saturated rings. The Morgan fingerprint density at radius 2 is 2.10 bits per heavy atom. The van der Waals surface area contributed by atoms with E-state index in [9.17, 15) is 14.4 Å². The lowest BCUT2D eigenvalue weighted by molar-refractivity contribution is 0.0509. The lowest BCUT2D eigenvalue weighted by atomic mass is 10.1. The molecule has 1 aliphatic rings. The minimum atomic E-state index is -0.635. The van der Waals surface area contributed by atoms with Crippen LogP contribution in [-0.4, -0.2) is 40.5 Å². The summed E-state index contributed by atoms with van der Waals surface area (Å²) < 4.78 is 27.2. The molecule has 1 aliphatic heterocycles. The summed E-state index contributed by atoms with van der Waals surface area (Å²) in [4.78, 5) is 38.6. The van der Waals surface area contributed by atoms with E-state index in [2.05, 4.69) is 10.5 Å². The summed E-state index contributed by atoms with van der Waals surface area (Å²) in [6.45, 7) is 8.55. The lowest BCUT2D eigenvalue weighted by Gasteiger charge is -2.23. The van der Waals surface area contributed by atoms with Crippen molar-refractivity contribution in [2.75, 3.05) is 18.0 Å². The molecule has 0 spiro atoms. The molecule has 4 rings (SSSR count). The number of benzene rings is 1. The second-order valence-corrected chi connectivity index (χ2v) is 8.69. The van der Waals surface area contributed by atoms with Crippen molar-refractivity contribution in [2.45, 2.75) is 52.3 Å². The first-order valence-electron chi connectivity index (χ1n) is 10.2. The quantitative estimate of drug-likeness (QED) is 0.659. The number of hydrogen-bond donors (Lipinski definition) is 2. The van der Waals surface area contributed by atoms with Crippen molar-refractivity contribution in [3.8, 4) is 0 Å². The first-order chi connectivity index (χ1) is 14.6. The highest BCUT2D eigenvalue weighted by molar-refractivity contribution is 5.92. The molecule has 0 bridgehead atoms. The maximum atomic E-state index is 15.0. The average Bonchev–Trinajstić information content (AvgIpc) is 3.28. The van der Waals surface area contributed by atoms with Gasteiger partial charge >= 0.3 is 6.09 Å². The molecule has 3 aromatic rings. The minimum absolute atomic E-state index is 0.116. The van der Waals surface area contributed by atoms with E-state index in [1.165, 1.54) is 6.07 Å². The van der Waals surface area contributed by atoms with Gasteiger partial charge in [-0.3, -0.25) is 9.59 Å². The van der Waals surface area contributed by atoms with Crippen LogP contribution in [0.1, 0.15) is 34.1 Å². The summed E-state index contributed by atoms with van der Waals surface area (Å²) in [5.74, 6) is -0.565. The number of carbonyl (C=O) groups is 1. The Kier molecular flexibility index (Phi) is 5.03. The van der Waals surface area contributed by atoms with Gasteiger partial charge in [-0.05, 0) is 46.2 Å². The first-order valence-corrected chi connectivity index (χ1v) is 10.2. The fraction of sp³-hybridized carbons (Fsp3) is 0.476. The van der Waals surface area contributed by atoms with Gasteiger partial charge in [0.25, 0.3) is 5.56 Å². The van der Waals surface area contributed by atoms with Crippen LogP contribution < -0.4 is 21.2 Å². The number of anilines is 1. The molecule has 166 valence electrons. The number of fused-ring (bicyclic) bond motifs is 2. The van der Waals surface area contributed by atoms with Crippen LogP contribution in [0.4, 0.5) is 14.9 Å². The molecule has 2 aromatic heterocycles. The summed E-state index contributed by atoms with van der Waals surface area (Å²) in [6.07, 6.45) is 0.117. The monoisotopic (exact) mass is 432 g/mol. The van der Waals surface area contributed by atoms with Crippen LogP contribution >= 0.6 is 0 Å². The lowest BCUT2D eigenvalue weighted by Crippen LogP contribution is -2.40. The van der Waals surface area contributed by atoms with Gasteiger partial charge in [-0.15, -0.1) is 0 Å². The van der Waals surface area contributed by atoms with E-state index in [1.54, 1.807) is 31.4 Å². The molecule has 9 nitrogen and oxygen atoms in total. The third kappa shape index (κ3) is 3.77. The van der Waals surface area contributed by atoms with Gasteiger partial charge in [0.05, 0.1) is 17.2 Å². The number of ether oxygens (including phenoxy) is 1. The number of pyridine rings is 1. The number of halogens is 1. The summed E-state index contributed by atoms with van der Waals surface area (Å²) >= 11 is 0. The number of aromatic amines is 1. The number of hydrogen-bond acceptors (Lipinski definition) is 6. The Hall–Kier alpha value is -3.30. The molecule has 0 aliphatic carbocycles. The first kappa shape index (κ1) is 21.0. The zero-order valence-electron chi connectivity index (χ0n) is 17.9. The van der Waals surface area contributed by atoms with Gasteiger partial charge in [0.2, 0.25) is 11.1 Å². The Labute approximate surface area is 176 Å². The van der Waals surface area contributed by atoms with Crippen LogP contribution in [0.25, 0.3) is 22.0 Å². The Balaban J connectivity index is 1.69. The van der Waals surface area contributed by atoms with Gasteiger partial charge in [-0.25, -0.2) is 9.18 Å². The summed E-state index contributed by atoms with van der Waals surface area (Å²) in [7, 11) is 0. The van der Waals surface area contributed by atoms with Gasteiger partial charge in [-0.1, -0.05) is 0 Å². The predicted molar refractivity (Wildman–Crippen MR) is 114 cm³/mol. The Morgan fingerprint density at radius 1 is 1.35 bits per heavy atom. The van der Waals surface area contributed by atoms with Crippen LogP contribution in [0, 0.1) is 5.82 Å². The van der Waals surface area contributed by atoms with Crippen LogP contribution in [0.2, 0.25) is 0 Å². The molecule has 10 heteroatoms. The molecule has 3 heterocycles. The molecule has 1 atom stereocenters. The summed E-state index contributed by atoms with van der Waals surface area (Å²) in [5, 5.41) is 4.99. The minimum Gasteiger partial charge on any atom is -0.444 e. The maximum absolute atomic E-state index is 15.0. The highest BCUT2D eigenvalue weighted by atomic mass is 19.1. The number of amides is 1. The molecule has 1 amide bonds. The van der Waals surface area contributed by atoms with E-state index in [0.717, 1.165) is 0 Å². The second kappa shape index (κ2) is 7.44. The molecule has 31 heavy (non-hydrogen) atoms. The van der Waals surface area contributed by atoms with Crippen LogP contribution in [0.15, 0.2) is 26.2 Å². The topological polar surface area (TPSA) is 110 Å². The fourth-order valence-electron chi connectivity index (χ4n) is 4.01. The van der Waals surface area contributed by atoms with Crippen molar-refractivity contribution in [2.24, 2.45) is 0 Å². The number of carbonyl (C=O) groups excluding carboxylic acids is 1. The number of aromatic nitrogens is 2. The van der Waals surface area contributed by atoms with Crippen molar-refractivity contribution >= 4 is 33.8 Å². The van der Waals surface area contributed by atoms with Crippen molar-refractivity contribution in [3.05, 3.63) is 38.5 Å². The number of alkyl carbamates (subject to hydrolysis) is 1. The van der Waals surface area contributed by atoms with Gasteiger partial charge < -0.3 is 24.0 Å². The van der Waals surface area contributed by atoms with Gasteiger partial charge in [-0.2, -0.15) is 5.16 Å². The molecule has 1 saturated heterocycles. The maximum Gasteiger partial charge on any atom is 0.407 e. The highest BCUT2D eigenvalue weighted by Crippen LogP contribution is 2.29. The summed E-state index contributed by atoms with van der Waals surface area (Å²) in [5.41, 5.74) is -0.879. The van der Waals surface area contributed by atoms with E-state index in [0.29, 0.717) is 37.3 Å². The number of nitrogens with zero attached hydrogens (tertiary/aromatic N) is 2. The van der Waals surface area contributed by atoms with Gasteiger partial charge in [0, 0.05) is 25.0 Å². The standard InChI is InChI=1S/C21H25FN4O5/c1-5-26-14-9-15(25-7-6-11(10-25)23-20(29)30-21(2,3)4)13(22)8-12(14)17(27)16-18(28)24-31-19(16)26/h8-9,11H,5-7,10H2,1-4H3,(H,23,29)(H,24,28). The highest BCUT2D eigenvalue weighted by Gasteiger charge is 2.28. The molecule has 1 aromatic carbocycles. The Bertz CT molecular complexity index is 1280. The number of rotatable bonds is 3. The molecular weight excluding hydrogens is 407 g/mol. The fourth-order valence-corrected chi connectivity index (χ4v) is 4.01. The second-order valence-electron chi connectivity index (χ2n) is 8.69. The predicted octanol–water partition coefficient (Wildman–Crippen LogP) is 2.70. The average molecular weight is 432 g/mol. The van der Waals surface area contributed by atoms with Crippen molar-refractivity contribution in [1.29, 1.82) is 0 Å². The SMILES string of the molecule is CCn1c2cc(N3CCC(NC(=O)OC(C)(C)C)C3)c(F)cc2c(=O)c2c(=O)[nH]oc21. The van der Waals surface area contributed by atoms with Crippen molar-refractivity contribution in [3.63, 3.8) is 0 Å². The van der Waals surface area contributed by atoms with Crippen molar-refractivity contribution < 1.29 is 18.4 Å². The third-order valence-corrected chi connectivity index (χ3v) is 5.32. The van der Waals surface area contributed by atoms with Crippen LogP contribution in [0.3, 0.4) is 0 Å². The van der Waals surface area contributed by atoms with E-state index in [4.69, 9.17) is 9.26 Å². The normalized spacial score (nSPS) is 16.9. The van der Waals surface area contributed by atoms with E-state index < -0.39 is 28.5 Å². The van der Waals surface area contributed by atoms with E-state index >= 15 is 4.39 Å². The molecule has 1 unspecified atom stereocenters. The van der Waals surface area contributed by atoms with Crippen molar-refractivity contribution in [1.82, 2.24) is 15.0 Å². The molecule has 0 saturated carbocycles. The third-order valence-electron chi connectivity index (χ3n) is 5.32. The van der Waals surface area contributed by atoms with E-state index in [1.807, 2.05) is 11.8 Å². The van der Waals surface area contributed by atoms with Gasteiger partial charge in [0.1, 0.15) is 11.4 Å². The van der Waals surface area contributed by atoms with Crippen LogP contribution in [0.5, 0.6) is 0 Å². The molecule has 0 radical (unpaired) electrons.